The summed E-state index contributed by atoms with van der Waals surface area (Å²) in [5, 5.41) is 2.61. The number of nitrogens with one attached hydrogen (secondary N) is 1. The number of carbonyl (C=O) groups is 1. The molecule has 1 aliphatic heterocycles. The summed E-state index contributed by atoms with van der Waals surface area (Å²) in [5.74, 6) is -0.585. The Balaban J connectivity index is 1.51. The van der Waals surface area contributed by atoms with Crippen LogP contribution in [0, 0.1) is 6.92 Å². The highest BCUT2D eigenvalue weighted by atomic mass is 32.2. The lowest BCUT2D eigenvalue weighted by Crippen LogP contribution is -2.50. The fourth-order valence-electron chi connectivity index (χ4n) is 3.33. The minimum atomic E-state index is -4.43. The summed E-state index contributed by atoms with van der Waals surface area (Å²) in [6, 6.07) is 12.0. The predicted octanol–water partition coefficient (Wildman–Crippen LogP) is 2.90. The topological polar surface area (TPSA) is 69.7 Å². The van der Waals surface area contributed by atoms with E-state index in [0.29, 0.717) is 11.3 Å². The van der Waals surface area contributed by atoms with E-state index in [2.05, 4.69) is 5.32 Å². The number of nitrogens with zero attached hydrogens (tertiary/aromatic N) is 2. The van der Waals surface area contributed by atoms with E-state index in [0.717, 1.165) is 17.7 Å². The molecule has 1 fully saturated rings. The Labute approximate surface area is 179 Å². The van der Waals surface area contributed by atoms with Crippen molar-refractivity contribution in [2.45, 2.75) is 13.1 Å². The molecule has 2 aromatic carbocycles. The van der Waals surface area contributed by atoms with Crippen molar-refractivity contribution in [3.8, 4) is 0 Å². The number of alkyl halides is 3. The summed E-state index contributed by atoms with van der Waals surface area (Å²) in [7, 11) is -3.59. The van der Waals surface area contributed by atoms with Gasteiger partial charge < -0.3 is 10.2 Å². The van der Waals surface area contributed by atoms with E-state index >= 15 is 0 Å². The summed E-state index contributed by atoms with van der Waals surface area (Å²) >= 11 is 0. The fourth-order valence-corrected chi connectivity index (χ4v) is 4.67. The van der Waals surface area contributed by atoms with Crippen LogP contribution in [0.1, 0.15) is 21.5 Å². The lowest BCUT2D eigenvalue weighted by atomic mass is 10.1. The van der Waals surface area contributed by atoms with E-state index in [1.54, 1.807) is 35.2 Å². The van der Waals surface area contributed by atoms with Gasteiger partial charge >= 0.3 is 6.18 Å². The quantitative estimate of drug-likeness (QED) is 0.727. The summed E-state index contributed by atoms with van der Waals surface area (Å²) in [6.45, 7) is 2.80. The van der Waals surface area contributed by atoms with E-state index in [1.165, 1.54) is 10.4 Å². The molecule has 6 nitrogen and oxygen atoms in total. The molecule has 1 heterocycles. The maximum absolute atomic E-state index is 12.9. The van der Waals surface area contributed by atoms with E-state index in [-0.39, 0.29) is 44.4 Å². The van der Waals surface area contributed by atoms with Gasteiger partial charge in [-0.05, 0) is 37.3 Å². The van der Waals surface area contributed by atoms with Gasteiger partial charge in [-0.3, -0.25) is 4.79 Å². The molecule has 10 heteroatoms. The van der Waals surface area contributed by atoms with Crippen LogP contribution in [-0.4, -0.2) is 57.1 Å². The number of piperazine rings is 1. The van der Waals surface area contributed by atoms with Gasteiger partial charge in [0, 0.05) is 44.0 Å². The first-order valence-electron chi connectivity index (χ1n) is 9.81. The molecule has 1 amide bonds. The molecule has 1 aliphatic rings. The Bertz CT molecular complexity index is 1020. The monoisotopic (exact) mass is 455 g/mol. The molecule has 1 saturated heterocycles. The number of anilines is 1. The number of amides is 1. The highest BCUT2D eigenvalue weighted by Gasteiger charge is 2.32. The number of aryl methyl sites for hydroxylation is 1. The number of sulfonamides is 1. The van der Waals surface area contributed by atoms with E-state index < -0.39 is 21.8 Å². The number of hydrogen-bond donors (Lipinski definition) is 1. The summed E-state index contributed by atoms with van der Waals surface area (Å²) in [6.07, 6.45) is -4.43. The van der Waals surface area contributed by atoms with E-state index in [4.69, 9.17) is 0 Å². The lowest BCUT2D eigenvalue weighted by molar-refractivity contribution is -0.137. The fraction of sp³-hybridized carbons (Fsp3) is 0.381. The second-order valence-corrected chi connectivity index (χ2v) is 9.46. The molecule has 0 aromatic heterocycles. The Morgan fingerprint density at radius 2 is 1.68 bits per heavy atom. The molecule has 0 saturated carbocycles. The van der Waals surface area contributed by atoms with Gasteiger partial charge in [0.05, 0.1) is 11.3 Å². The number of carbonyl (C=O) groups excluding carboxylic acids is 1. The molecule has 1 N–H and O–H groups in total. The van der Waals surface area contributed by atoms with Crippen LogP contribution in [-0.2, 0) is 16.2 Å². The van der Waals surface area contributed by atoms with E-state index in [9.17, 15) is 26.4 Å². The van der Waals surface area contributed by atoms with Gasteiger partial charge in [0.25, 0.3) is 5.91 Å². The zero-order valence-corrected chi connectivity index (χ0v) is 17.8. The van der Waals surface area contributed by atoms with Crippen molar-refractivity contribution < 1.29 is 26.4 Å². The SMILES string of the molecule is Cc1ccc(C(=O)NCCS(=O)(=O)N2CCN(c3cccc(C(F)(F)F)c3)CC2)cc1. The molecular weight excluding hydrogens is 431 g/mol. The maximum Gasteiger partial charge on any atom is 0.416 e. The van der Waals surface area contributed by atoms with Crippen LogP contribution in [0.2, 0.25) is 0 Å². The minimum absolute atomic E-state index is 0.0249. The van der Waals surface area contributed by atoms with Gasteiger partial charge in [-0.1, -0.05) is 23.8 Å². The molecule has 2 aromatic rings. The van der Waals surface area contributed by atoms with Crippen molar-refractivity contribution in [1.82, 2.24) is 9.62 Å². The predicted molar refractivity (Wildman–Crippen MR) is 113 cm³/mol. The average molecular weight is 456 g/mol. The standard InChI is InChI=1S/C21H24F3N3O3S/c1-16-5-7-17(8-6-16)20(28)25-9-14-31(29,30)27-12-10-26(11-13-27)19-4-2-3-18(15-19)21(22,23)24/h2-8,15H,9-14H2,1H3,(H,25,28). The molecule has 0 atom stereocenters. The first-order valence-corrected chi connectivity index (χ1v) is 11.4. The molecular formula is C21H24F3N3O3S. The smallest absolute Gasteiger partial charge is 0.369 e. The zero-order valence-electron chi connectivity index (χ0n) is 17.0. The van der Waals surface area contributed by atoms with Gasteiger partial charge in [0.2, 0.25) is 10.0 Å². The third kappa shape index (κ3) is 5.98. The Kier molecular flexibility index (Phi) is 6.90. The highest BCUT2D eigenvalue weighted by Crippen LogP contribution is 2.32. The molecule has 0 aliphatic carbocycles. The Morgan fingerprint density at radius 3 is 2.29 bits per heavy atom. The van der Waals surface area contributed by atoms with Crippen molar-refractivity contribution in [2.75, 3.05) is 43.4 Å². The molecule has 168 valence electrons. The average Bonchev–Trinajstić information content (AvgIpc) is 2.73. The first-order chi connectivity index (χ1) is 14.6. The third-order valence-corrected chi connectivity index (χ3v) is 7.00. The van der Waals surface area contributed by atoms with Crippen LogP contribution >= 0.6 is 0 Å². The second-order valence-electron chi connectivity index (χ2n) is 7.37. The maximum atomic E-state index is 12.9. The summed E-state index contributed by atoms with van der Waals surface area (Å²) in [4.78, 5) is 13.8. The van der Waals surface area contributed by atoms with Crippen molar-refractivity contribution in [2.24, 2.45) is 0 Å². The normalized spacial score (nSPS) is 15.7. The molecule has 3 rings (SSSR count). The first kappa shape index (κ1) is 23.1. The van der Waals surface area contributed by atoms with Crippen molar-refractivity contribution in [3.63, 3.8) is 0 Å². The second kappa shape index (κ2) is 9.27. The summed E-state index contributed by atoms with van der Waals surface area (Å²) < 4.78 is 65.2. The van der Waals surface area contributed by atoms with Gasteiger partial charge in [0.1, 0.15) is 0 Å². The van der Waals surface area contributed by atoms with Crippen molar-refractivity contribution in [3.05, 3.63) is 65.2 Å². The van der Waals surface area contributed by atoms with Gasteiger partial charge in [0.15, 0.2) is 0 Å². The summed E-state index contributed by atoms with van der Waals surface area (Å²) in [5.41, 5.74) is 1.16. The van der Waals surface area contributed by atoms with Crippen molar-refractivity contribution in [1.29, 1.82) is 0 Å². The molecule has 0 radical (unpaired) electrons. The molecule has 0 bridgehead atoms. The number of benzene rings is 2. The zero-order chi connectivity index (χ0) is 22.6. The van der Waals surface area contributed by atoms with E-state index in [1.807, 2.05) is 6.92 Å². The van der Waals surface area contributed by atoms with Crippen LogP contribution < -0.4 is 10.2 Å². The third-order valence-electron chi connectivity index (χ3n) is 5.13. The van der Waals surface area contributed by atoms with Gasteiger partial charge in [-0.25, -0.2) is 8.42 Å². The van der Waals surface area contributed by atoms with Crippen molar-refractivity contribution >= 4 is 21.6 Å². The number of rotatable bonds is 6. The van der Waals surface area contributed by atoms with Crippen LogP contribution in [0.5, 0.6) is 0 Å². The molecule has 0 unspecified atom stereocenters. The minimum Gasteiger partial charge on any atom is -0.369 e. The number of halogens is 3. The largest absolute Gasteiger partial charge is 0.416 e. The Hall–Kier alpha value is -2.59. The highest BCUT2D eigenvalue weighted by molar-refractivity contribution is 7.89. The molecule has 31 heavy (non-hydrogen) atoms. The van der Waals surface area contributed by atoms with Gasteiger partial charge in [-0.15, -0.1) is 0 Å². The number of hydrogen-bond acceptors (Lipinski definition) is 4. The van der Waals surface area contributed by atoms with Crippen LogP contribution in [0.3, 0.4) is 0 Å². The van der Waals surface area contributed by atoms with Crippen LogP contribution in [0.15, 0.2) is 48.5 Å². The Morgan fingerprint density at radius 1 is 1.03 bits per heavy atom. The van der Waals surface area contributed by atoms with Crippen LogP contribution in [0.25, 0.3) is 0 Å². The molecule has 0 spiro atoms. The lowest BCUT2D eigenvalue weighted by Gasteiger charge is -2.35. The van der Waals surface area contributed by atoms with Gasteiger partial charge in [-0.2, -0.15) is 17.5 Å². The van der Waals surface area contributed by atoms with Crippen LogP contribution in [0.4, 0.5) is 18.9 Å².